The zero-order valence-corrected chi connectivity index (χ0v) is 18.3. The number of nitrogens with zero attached hydrogens (tertiary/aromatic N) is 6. The van der Waals surface area contributed by atoms with Gasteiger partial charge in [0.1, 0.15) is 11.8 Å². The highest BCUT2D eigenvalue weighted by Crippen LogP contribution is 2.34. The zero-order valence-electron chi connectivity index (χ0n) is 18.3. The van der Waals surface area contributed by atoms with Crippen LogP contribution >= 0.6 is 0 Å². The van der Waals surface area contributed by atoms with Gasteiger partial charge in [-0.2, -0.15) is 9.37 Å². The third-order valence-electron chi connectivity index (χ3n) is 5.81. The van der Waals surface area contributed by atoms with E-state index in [1.165, 1.54) is 12.4 Å². The van der Waals surface area contributed by atoms with Crippen molar-refractivity contribution in [2.24, 2.45) is 0 Å². The third-order valence-corrected chi connectivity index (χ3v) is 5.81. The average Bonchev–Trinajstić information content (AvgIpc) is 2.77. The number of aromatic nitrogens is 4. The molecule has 0 radical (unpaired) electrons. The molecule has 0 spiro atoms. The number of nitrogens with one attached hydrogen (secondary N) is 1. The first-order valence-corrected chi connectivity index (χ1v) is 10.5. The number of ether oxygens (including phenoxy) is 2. The summed E-state index contributed by atoms with van der Waals surface area (Å²) in [5.41, 5.74) is 5.99. The van der Waals surface area contributed by atoms with Crippen LogP contribution in [0.3, 0.4) is 0 Å². The highest BCUT2D eigenvalue weighted by atomic mass is 19.1. The van der Waals surface area contributed by atoms with Crippen molar-refractivity contribution in [2.45, 2.75) is 38.0 Å². The number of hydrogen-bond donors (Lipinski definition) is 2. The Hall–Kier alpha value is -3.28. The van der Waals surface area contributed by atoms with E-state index in [2.05, 4.69) is 25.3 Å². The Morgan fingerprint density at radius 3 is 2.72 bits per heavy atom. The number of carbonyl (C=O) groups is 1. The molecule has 0 bridgehead atoms. The van der Waals surface area contributed by atoms with Crippen LogP contribution in [-0.4, -0.2) is 82.9 Å². The van der Waals surface area contributed by atoms with Gasteiger partial charge < -0.3 is 30.3 Å². The van der Waals surface area contributed by atoms with Crippen molar-refractivity contribution in [3.8, 4) is 17.1 Å². The number of nitrogens with two attached hydrogens (primary N) is 1. The second-order valence-corrected chi connectivity index (χ2v) is 7.97. The lowest BCUT2D eigenvalue weighted by atomic mass is 9.88. The van der Waals surface area contributed by atoms with Crippen molar-refractivity contribution in [1.29, 1.82) is 0 Å². The van der Waals surface area contributed by atoms with Gasteiger partial charge >= 0.3 is 6.03 Å². The number of hydrogen-bond acceptors (Lipinski definition) is 9. The van der Waals surface area contributed by atoms with Crippen molar-refractivity contribution in [2.75, 3.05) is 44.5 Å². The monoisotopic (exact) mass is 446 g/mol. The van der Waals surface area contributed by atoms with Crippen LogP contribution in [0, 0.1) is 5.82 Å². The zero-order chi connectivity index (χ0) is 22.8. The van der Waals surface area contributed by atoms with Crippen molar-refractivity contribution in [3.63, 3.8) is 0 Å². The number of nitrogen functional groups attached to an aromatic ring is 1. The van der Waals surface area contributed by atoms with Crippen molar-refractivity contribution >= 4 is 17.9 Å². The lowest BCUT2D eigenvalue weighted by Gasteiger charge is -2.40. The Morgan fingerprint density at radius 1 is 1.34 bits per heavy atom. The topological polar surface area (TPSA) is 132 Å². The molecule has 12 heteroatoms. The summed E-state index contributed by atoms with van der Waals surface area (Å²) in [5.74, 6) is -0.387. The molecule has 2 fully saturated rings. The van der Waals surface area contributed by atoms with E-state index < -0.39 is 5.82 Å². The molecule has 2 aromatic heterocycles. The molecular weight excluding hydrogens is 419 g/mol. The minimum Gasteiger partial charge on any atom is -0.472 e. The Morgan fingerprint density at radius 2 is 2.06 bits per heavy atom. The first-order valence-electron chi connectivity index (χ1n) is 10.5. The van der Waals surface area contributed by atoms with Crippen LogP contribution in [0.15, 0.2) is 12.4 Å². The smallest absolute Gasteiger partial charge is 0.317 e. The van der Waals surface area contributed by atoms with Crippen LogP contribution in [0.1, 0.15) is 19.8 Å². The summed E-state index contributed by atoms with van der Waals surface area (Å²) in [6.45, 7) is 3.61. The molecule has 172 valence electrons. The maximum atomic E-state index is 15.4. The Kier molecular flexibility index (Phi) is 6.21. The molecule has 2 aromatic rings. The summed E-state index contributed by atoms with van der Waals surface area (Å²) in [4.78, 5) is 32.1. The molecule has 1 aliphatic carbocycles. The number of rotatable bonds is 5. The quantitative estimate of drug-likeness (QED) is 0.692. The van der Waals surface area contributed by atoms with E-state index in [1.807, 2.05) is 11.8 Å². The first kappa shape index (κ1) is 21.9. The summed E-state index contributed by atoms with van der Waals surface area (Å²) in [6, 6.07) is -0.128. The molecule has 0 unspecified atom stereocenters. The number of urea groups is 1. The van der Waals surface area contributed by atoms with E-state index >= 15 is 4.39 Å². The standard InChI is InChI=1S/C20H27FN8O3/c1-11-10-31-5-4-29(11)19-26-16(12-8-24-18(22)25-9-12)15(21)17(27-19)32-14-6-13(7-14)28(3)20(30)23-2/h8-9,11,13-14H,4-7,10H2,1-3H3,(H,23,30)(H2,22,24,25)/t11-,13-,14-/m0/s1. The summed E-state index contributed by atoms with van der Waals surface area (Å²) >= 11 is 0. The van der Waals surface area contributed by atoms with Crippen LogP contribution in [0.4, 0.5) is 21.1 Å². The normalized spacial score (nSPS) is 22.8. The number of halogens is 1. The molecule has 1 saturated carbocycles. The molecule has 0 aromatic carbocycles. The van der Waals surface area contributed by atoms with Crippen molar-refractivity contribution in [3.05, 3.63) is 18.2 Å². The van der Waals surface area contributed by atoms with Gasteiger partial charge in [-0.05, 0) is 6.92 Å². The van der Waals surface area contributed by atoms with E-state index in [0.29, 0.717) is 44.1 Å². The predicted molar refractivity (Wildman–Crippen MR) is 115 cm³/mol. The van der Waals surface area contributed by atoms with E-state index in [1.54, 1.807) is 19.0 Å². The lowest BCUT2D eigenvalue weighted by Crippen LogP contribution is -2.52. The van der Waals surface area contributed by atoms with Crippen molar-refractivity contribution in [1.82, 2.24) is 30.2 Å². The molecular formula is C20H27FN8O3. The molecule has 2 amide bonds. The largest absolute Gasteiger partial charge is 0.472 e. The molecule has 3 heterocycles. The lowest BCUT2D eigenvalue weighted by molar-refractivity contribution is 0.0380. The highest BCUT2D eigenvalue weighted by Gasteiger charge is 2.37. The SMILES string of the molecule is CNC(=O)N(C)[C@H]1C[C@H](Oc2nc(N3CCOC[C@@H]3C)nc(-c3cnc(N)nc3)c2F)C1. The van der Waals surface area contributed by atoms with Crippen molar-refractivity contribution < 1.29 is 18.7 Å². The number of morpholine rings is 1. The predicted octanol–water partition coefficient (Wildman–Crippen LogP) is 1.06. The fourth-order valence-electron chi connectivity index (χ4n) is 3.75. The Balaban J connectivity index is 1.61. The first-order chi connectivity index (χ1) is 15.4. The van der Waals surface area contributed by atoms with Crippen LogP contribution in [0.5, 0.6) is 5.88 Å². The average molecular weight is 446 g/mol. The van der Waals surface area contributed by atoms with Crippen LogP contribution in [0.25, 0.3) is 11.3 Å². The fraction of sp³-hybridized carbons (Fsp3) is 0.550. The Labute approximate surface area is 185 Å². The maximum Gasteiger partial charge on any atom is 0.317 e. The van der Waals surface area contributed by atoms with Gasteiger partial charge in [0.15, 0.2) is 0 Å². The van der Waals surface area contributed by atoms with E-state index in [4.69, 9.17) is 15.2 Å². The molecule has 1 atom stereocenters. The van der Waals surface area contributed by atoms with Gasteiger partial charge in [-0.15, -0.1) is 0 Å². The van der Waals surface area contributed by atoms with Gasteiger partial charge in [0.25, 0.3) is 5.88 Å². The second kappa shape index (κ2) is 9.07. The van der Waals surface area contributed by atoms with Gasteiger partial charge in [-0.3, -0.25) is 0 Å². The number of anilines is 2. The minimum absolute atomic E-state index is 0.0202. The summed E-state index contributed by atoms with van der Waals surface area (Å²) < 4.78 is 26.8. The molecule has 1 aliphatic heterocycles. The third kappa shape index (κ3) is 4.35. The van der Waals surface area contributed by atoms with Gasteiger partial charge in [0.2, 0.25) is 17.7 Å². The van der Waals surface area contributed by atoms with Gasteiger partial charge in [-0.1, -0.05) is 0 Å². The van der Waals surface area contributed by atoms with E-state index in [-0.39, 0.29) is 41.7 Å². The van der Waals surface area contributed by atoms with Gasteiger partial charge in [-0.25, -0.2) is 19.7 Å². The summed E-state index contributed by atoms with van der Waals surface area (Å²) in [6.07, 6.45) is 3.74. The van der Waals surface area contributed by atoms with Crippen LogP contribution < -0.4 is 20.7 Å². The minimum atomic E-state index is -0.689. The van der Waals surface area contributed by atoms with Gasteiger partial charge in [0.05, 0.1) is 19.3 Å². The second-order valence-electron chi connectivity index (χ2n) is 7.97. The fourth-order valence-corrected chi connectivity index (χ4v) is 3.75. The van der Waals surface area contributed by atoms with Gasteiger partial charge in [0, 0.05) is 57.5 Å². The molecule has 4 rings (SSSR count). The molecule has 32 heavy (non-hydrogen) atoms. The Bertz CT molecular complexity index is 970. The highest BCUT2D eigenvalue weighted by molar-refractivity contribution is 5.74. The molecule has 11 nitrogen and oxygen atoms in total. The maximum absolute atomic E-state index is 15.4. The molecule has 3 N–H and O–H groups in total. The summed E-state index contributed by atoms with van der Waals surface area (Å²) in [7, 11) is 3.31. The molecule has 1 saturated heterocycles. The molecule has 2 aliphatic rings. The summed E-state index contributed by atoms with van der Waals surface area (Å²) in [5, 5.41) is 2.59. The van der Waals surface area contributed by atoms with E-state index in [9.17, 15) is 4.79 Å². The number of carbonyl (C=O) groups excluding carboxylic acids is 1. The number of amides is 2. The van der Waals surface area contributed by atoms with Crippen LogP contribution in [0.2, 0.25) is 0 Å². The van der Waals surface area contributed by atoms with E-state index in [0.717, 1.165) is 0 Å². The van der Waals surface area contributed by atoms with Crippen LogP contribution in [-0.2, 0) is 4.74 Å².